The third kappa shape index (κ3) is 2.79. The van der Waals surface area contributed by atoms with Gasteiger partial charge in [0.25, 0.3) is 0 Å². The van der Waals surface area contributed by atoms with Crippen LogP contribution in [0.15, 0.2) is 0 Å². The minimum absolute atomic E-state index is 0.0336. The molecule has 0 radical (unpaired) electrons. The number of rotatable bonds is 3. The van der Waals surface area contributed by atoms with Gasteiger partial charge in [0.2, 0.25) is 5.91 Å². The van der Waals surface area contributed by atoms with Crippen LogP contribution in [-0.2, 0) is 9.53 Å². The second-order valence-electron chi connectivity index (χ2n) is 3.24. The van der Waals surface area contributed by atoms with Crippen LogP contribution in [0.4, 0.5) is 0 Å². The van der Waals surface area contributed by atoms with Gasteiger partial charge in [-0.1, -0.05) is 0 Å². The fourth-order valence-corrected chi connectivity index (χ4v) is 1.47. The zero-order chi connectivity index (χ0) is 8.97. The van der Waals surface area contributed by atoms with Crippen LogP contribution in [0.3, 0.4) is 0 Å². The first kappa shape index (κ1) is 9.48. The summed E-state index contributed by atoms with van der Waals surface area (Å²) in [5, 5.41) is 0. The second kappa shape index (κ2) is 4.42. The van der Waals surface area contributed by atoms with E-state index in [4.69, 9.17) is 16.2 Å². The smallest absolute Gasteiger partial charge is 0.219 e. The highest BCUT2D eigenvalue weighted by atomic mass is 16.5. The average Bonchev–Trinajstić information content (AvgIpc) is 2.05. The maximum absolute atomic E-state index is 10.5. The minimum Gasteiger partial charge on any atom is -0.377 e. The lowest BCUT2D eigenvalue weighted by atomic mass is 10.0. The summed E-state index contributed by atoms with van der Waals surface area (Å²) < 4.78 is 5.41. The number of hydrogen-bond donors (Lipinski definition) is 2. The Morgan fingerprint density at radius 1 is 1.58 bits per heavy atom. The Balaban J connectivity index is 2.29. The molecule has 0 aromatic heterocycles. The molecule has 1 heterocycles. The highest BCUT2D eigenvalue weighted by Crippen LogP contribution is 2.15. The number of carbonyl (C=O) groups is 1. The van der Waals surface area contributed by atoms with Gasteiger partial charge in [-0.05, 0) is 19.3 Å². The van der Waals surface area contributed by atoms with Crippen molar-refractivity contribution in [2.45, 2.75) is 37.8 Å². The van der Waals surface area contributed by atoms with Gasteiger partial charge < -0.3 is 16.2 Å². The fraction of sp³-hybridized carbons (Fsp3) is 0.875. The molecule has 1 unspecified atom stereocenters. The van der Waals surface area contributed by atoms with Crippen molar-refractivity contribution in [2.24, 2.45) is 11.5 Å². The highest BCUT2D eigenvalue weighted by Gasteiger charge is 2.22. The van der Waals surface area contributed by atoms with Crippen LogP contribution in [0.5, 0.6) is 0 Å². The van der Waals surface area contributed by atoms with E-state index in [1.165, 1.54) is 0 Å². The van der Waals surface area contributed by atoms with Crippen molar-refractivity contribution < 1.29 is 9.53 Å². The summed E-state index contributed by atoms with van der Waals surface area (Å²) in [4.78, 5) is 10.5. The number of hydrogen-bond acceptors (Lipinski definition) is 3. The Labute approximate surface area is 72.2 Å². The molecule has 4 heteroatoms. The molecule has 1 aliphatic rings. The van der Waals surface area contributed by atoms with Gasteiger partial charge >= 0.3 is 0 Å². The molecule has 4 nitrogen and oxygen atoms in total. The molecule has 0 bridgehead atoms. The molecule has 1 rings (SSSR count). The first-order valence-electron chi connectivity index (χ1n) is 4.35. The molecule has 1 amide bonds. The maximum Gasteiger partial charge on any atom is 0.219 e. The van der Waals surface area contributed by atoms with E-state index in [1.807, 2.05) is 0 Å². The first-order chi connectivity index (χ1) is 5.70. The molecule has 0 spiro atoms. The number of nitrogens with two attached hydrogens (primary N) is 2. The monoisotopic (exact) mass is 172 g/mol. The van der Waals surface area contributed by atoms with Crippen LogP contribution in [-0.4, -0.2) is 24.7 Å². The molecule has 2 atom stereocenters. The van der Waals surface area contributed by atoms with Crippen molar-refractivity contribution in [2.75, 3.05) is 6.61 Å². The van der Waals surface area contributed by atoms with Gasteiger partial charge in [-0.15, -0.1) is 0 Å². The molecule has 0 aliphatic carbocycles. The molecule has 0 saturated carbocycles. The van der Waals surface area contributed by atoms with Crippen molar-refractivity contribution in [3.63, 3.8) is 0 Å². The number of primary amides is 1. The average molecular weight is 172 g/mol. The van der Waals surface area contributed by atoms with Gasteiger partial charge in [0.05, 0.1) is 6.10 Å². The number of amides is 1. The van der Waals surface area contributed by atoms with Crippen LogP contribution in [0.1, 0.15) is 25.7 Å². The Morgan fingerprint density at radius 2 is 2.33 bits per heavy atom. The second-order valence-corrected chi connectivity index (χ2v) is 3.24. The summed E-state index contributed by atoms with van der Waals surface area (Å²) in [5.74, 6) is -0.350. The lowest BCUT2D eigenvalue weighted by Crippen LogP contribution is -2.41. The lowest BCUT2D eigenvalue weighted by molar-refractivity contribution is -0.119. The summed E-state index contributed by atoms with van der Waals surface area (Å²) in [6.07, 6.45) is 3.45. The van der Waals surface area contributed by atoms with E-state index in [9.17, 15) is 4.79 Å². The molecule has 70 valence electrons. The van der Waals surface area contributed by atoms with E-state index in [-0.39, 0.29) is 24.5 Å². The molecule has 1 fully saturated rings. The molecular weight excluding hydrogens is 156 g/mol. The molecular formula is C8H16N2O2. The zero-order valence-electron chi connectivity index (χ0n) is 7.16. The Bertz CT molecular complexity index is 155. The summed E-state index contributed by atoms with van der Waals surface area (Å²) >= 11 is 0. The van der Waals surface area contributed by atoms with Gasteiger partial charge in [-0.25, -0.2) is 0 Å². The van der Waals surface area contributed by atoms with Crippen LogP contribution in [0, 0.1) is 0 Å². The normalized spacial score (nSPS) is 26.6. The SMILES string of the molecule is NC(=O)C[C@@H](N)C1CCCCO1. The predicted octanol–water partition coefficient (Wildman–Crippen LogP) is -0.242. The van der Waals surface area contributed by atoms with Crippen LogP contribution < -0.4 is 11.5 Å². The Hall–Kier alpha value is -0.610. The minimum atomic E-state index is -0.350. The molecule has 1 saturated heterocycles. The van der Waals surface area contributed by atoms with E-state index in [0.717, 1.165) is 25.9 Å². The quantitative estimate of drug-likeness (QED) is 0.616. The molecule has 0 aromatic carbocycles. The van der Waals surface area contributed by atoms with Gasteiger partial charge in [0.1, 0.15) is 0 Å². The van der Waals surface area contributed by atoms with Crippen molar-refractivity contribution >= 4 is 5.91 Å². The summed E-state index contributed by atoms with van der Waals surface area (Å²) in [6, 6.07) is -0.220. The van der Waals surface area contributed by atoms with Crippen molar-refractivity contribution in [1.82, 2.24) is 0 Å². The highest BCUT2D eigenvalue weighted by molar-refractivity contribution is 5.74. The van der Waals surface area contributed by atoms with Gasteiger partial charge in [-0.2, -0.15) is 0 Å². The molecule has 4 N–H and O–H groups in total. The zero-order valence-corrected chi connectivity index (χ0v) is 7.16. The summed E-state index contributed by atoms with van der Waals surface area (Å²) in [5.41, 5.74) is 10.7. The van der Waals surface area contributed by atoms with Gasteiger partial charge in [0.15, 0.2) is 0 Å². The Morgan fingerprint density at radius 3 is 2.83 bits per heavy atom. The molecule has 12 heavy (non-hydrogen) atoms. The van der Waals surface area contributed by atoms with Gasteiger partial charge in [-0.3, -0.25) is 4.79 Å². The topological polar surface area (TPSA) is 78.3 Å². The van der Waals surface area contributed by atoms with Crippen molar-refractivity contribution in [3.05, 3.63) is 0 Å². The van der Waals surface area contributed by atoms with E-state index in [2.05, 4.69) is 0 Å². The number of carbonyl (C=O) groups excluding carboxylic acids is 1. The maximum atomic E-state index is 10.5. The van der Waals surface area contributed by atoms with E-state index in [1.54, 1.807) is 0 Å². The third-order valence-corrected chi connectivity index (χ3v) is 2.13. The van der Waals surface area contributed by atoms with Crippen LogP contribution >= 0.6 is 0 Å². The predicted molar refractivity (Wildman–Crippen MR) is 45.4 cm³/mol. The third-order valence-electron chi connectivity index (χ3n) is 2.13. The first-order valence-corrected chi connectivity index (χ1v) is 4.35. The summed E-state index contributed by atoms with van der Waals surface area (Å²) in [6.45, 7) is 0.761. The van der Waals surface area contributed by atoms with Crippen molar-refractivity contribution in [3.8, 4) is 0 Å². The molecule has 0 aromatic rings. The number of ether oxygens (including phenoxy) is 1. The molecule has 1 aliphatic heterocycles. The standard InChI is InChI=1S/C8H16N2O2/c9-6(5-8(10)11)7-3-1-2-4-12-7/h6-7H,1-5,9H2,(H2,10,11)/t6-,7?/m1/s1. The van der Waals surface area contributed by atoms with Crippen molar-refractivity contribution in [1.29, 1.82) is 0 Å². The van der Waals surface area contributed by atoms with E-state index >= 15 is 0 Å². The van der Waals surface area contributed by atoms with E-state index in [0.29, 0.717) is 0 Å². The largest absolute Gasteiger partial charge is 0.377 e. The fourth-order valence-electron chi connectivity index (χ4n) is 1.47. The van der Waals surface area contributed by atoms with Gasteiger partial charge in [0, 0.05) is 19.1 Å². The van der Waals surface area contributed by atoms with Crippen LogP contribution in [0.25, 0.3) is 0 Å². The lowest BCUT2D eigenvalue weighted by Gasteiger charge is -2.27. The van der Waals surface area contributed by atoms with E-state index < -0.39 is 0 Å². The van der Waals surface area contributed by atoms with Crippen LogP contribution in [0.2, 0.25) is 0 Å². The Kier molecular flexibility index (Phi) is 3.49. The summed E-state index contributed by atoms with van der Waals surface area (Å²) in [7, 11) is 0.